The van der Waals surface area contributed by atoms with E-state index < -0.39 is 0 Å². The highest BCUT2D eigenvalue weighted by Gasteiger charge is 2.12. The fourth-order valence-electron chi connectivity index (χ4n) is 1.92. The molecule has 0 spiro atoms. The molecule has 0 saturated carbocycles. The number of halogens is 1. The van der Waals surface area contributed by atoms with E-state index in [1.165, 1.54) is 0 Å². The molecule has 19 heavy (non-hydrogen) atoms. The third-order valence-corrected chi connectivity index (χ3v) is 3.63. The summed E-state index contributed by atoms with van der Waals surface area (Å²) in [7, 11) is 0. The van der Waals surface area contributed by atoms with Crippen LogP contribution in [-0.2, 0) is 12.8 Å². The van der Waals surface area contributed by atoms with Crippen molar-refractivity contribution in [3.8, 4) is 0 Å². The molecule has 2 N–H and O–H groups in total. The van der Waals surface area contributed by atoms with Crippen molar-refractivity contribution in [2.24, 2.45) is 11.7 Å². The standard InChI is InChI=1S/C14H18BrN3O/c1-2-10(9-16)8-14-17-13(18-19-14)7-11-4-3-5-12(15)6-11/h3-6,10H,2,7-9,16H2,1H3. The van der Waals surface area contributed by atoms with Gasteiger partial charge < -0.3 is 10.3 Å². The normalized spacial score (nSPS) is 12.6. The van der Waals surface area contributed by atoms with Crippen LogP contribution in [0.3, 0.4) is 0 Å². The largest absolute Gasteiger partial charge is 0.339 e. The monoisotopic (exact) mass is 323 g/mol. The van der Waals surface area contributed by atoms with Gasteiger partial charge in [-0.1, -0.05) is 46.6 Å². The molecule has 0 fully saturated rings. The van der Waals surface area contributed by atoms with Crippen LogP contribution in [0.25, 0.3) is 0 Å². The van der Waals surface area contributed by atoms with Gasteiger partial charge in [0.05, 0.1) is 0 Å². The first-order valence-electron chi connectivity index (χ1n) is 6.47. The number of hydrogen-bond acceptors (Lipinski definition) is 4. The summed E-state index contributed by atoms with van der Waals surface area (Å²) in [5.74, 6) is 1.82. The van der Waals surface area contributed by atoms with Gasteiger partial charge in [-0.25, -0.2) is 0 Å². The summed E-state index contributed by atoms with van der Waals surface area (Å²) >= 11 is 3.45. The molecule has 5 heteroatoms. The minimum atomic E-state index is 0.416. The number of nitrogens with two attached hydrogens (primary N) is 1. The average molecular weight is 324 g/mol. The van der Waals surface area contributed by atoms with Gasteiger partial charge in [0.1, 0.15) is 0 Å². The molecule has 0 saturated heterocycles. The first-order valence-corrected chi connectivity index (χ1v) is 7.26. The Morgan fingerprint density at radius 3 is 2.95 bits per heavy atom. The minimum absolute atomic E-state index is 0.416. The number of aromatic nitrogens is 2. The fraction of sp³-hybridized carbons (Fsp3) is 0.429. The summed E-state index contributed by atoms with van der Waals surface area (Å²) in [6, 6.07) is 8.11. The summed E-state index contributed by atoms with van der Waals surface area (Å²) in [5.41, 5.74) is 6.84. The van der Waals surface area contributed by atoms with E-state index >= 15 is 0 Å². The van der Waals surface area contributed by atoms with Gasteiger partial charge in [0.25, 0.3) is 0 Å². The predicted octanol–water partition coefficient (Wildman–Crippen LogP) is 2.95. The van der Waals surface area contributed by atoms with Gasteiger partial charge in [0, 0.05) is 17.3 Å². The van der Waals surface area contributed by atoms with Crippen molar-refractivity contribution >= 4 is 15.9 Å². The van der Waals surface area contributed by atoms with E-state index in [2.05, 4.69) is 45.1 Å². The quantitative estimate of drug-likeness (QED) is 0.887. The van der Waals surface area contributed by atoms with Crippen molar-refractivity contribution in [1.82, 2.24) is 10.1 Å². The van der Waals surface area contributed by atoms with E-state index in [0.29, 0.717) is 24.8 Å². The zero-order valence-corrected chi connectivity index (χ0v) is 12.6. The van der Waals surface area contributed by atoms with Crippen LogP contribution in [0.1, 0.15) is 30.6 Å². The van der Waals surface area contributed by atoms with Gasteiger partial charge in [-0.05, 0) is 30.2 Å². The maximum atomic E-state index is 5.68. The van der Waals surface area contributed by atoms with Gasteiger partial charge in [0.15, 0.2) is 5.82 Å². The topological polar surface area (TPSA) is 64.9 Å². The van der Waals surface area contributed by atoms with Crippen LogP contribution in [0.4, 0.5) is 0 Å². The first kappa shape index (κ1) is 14.2. The van der Waals surface area contributed by atoms with E-state index in [1.807, 2.05) is 12.1 Å². The molecule has 0 radical (unpaired) electrons. The zero-order valence-electron chi connectivity index (χ0n) is 11.0. The molecule has 0 aliphatic rings. The second-order valence-corrected chi connectivity index (χ2v) is 5.54. The van der Waals surface area contributed by atoms with Crippen LogP contribution in [-0.4, -0.2) is 16.7 Å². The molecule has 1 aromatic carbocycles. The lowest BCUT2D eigenvalue weighted by Crippen LogP contribution is -2.16. The predicted molar refractivity (Wildman–Crippen MR) is 77.8 cm³/mol. The van der Waals surface area contributed by atoms with E-state index in [0.717, 1.165) is 28.7 Å². The zero-order chi connectivity index (χ0) is 13.7. The Morgan fingerprint density at radius 1 is 1.42 bits per heavy atom. The SMILES string of the molecule is CCC(CN)Cc1nc(Cc2cccc(Br)c2)no1. The molecular formula is C14H18BrN3O. The molecule has 0 aliphatic carbocycles. The maximum absolute atomic E-state index is 5.68. The average Bonchev–Trinajstić information content (AvgIpc) is 2.83. The van der Waals surface area contributed by atoms with Crippen molar-refractivity contribution in [1.29, 1.82) is 0 Å². The Hall–Kier alpha value is -1.20. The molecule has 2 rings (SSSR count). The van der Waals surface area contributed by atoms with Crippen LogP contribution in [0.2, 0.25) is 0 Å². The summed E-state index contributed by atoms with van der Waals surface area (Å²) in [6.45, 7) is 2.77. The van der Waals surface area contributed by atoms with Crippen LogP contribution in [0.15, 0.2) is 33.3 Å². The molecule has 1 unspecified atom stereocenters. The number of benzene rings is 1. The minimum Gasteiger partial charge on any atom is -0.339 e. The second-order valence-electron chi connectivity index (χ2n) is 4.63. The smallest absolute Gasteiger partial charge is 0.226 e. The van der Waals surface area contributed by atoms with Gasteiger partial charge in [-0.2, -0.15) is 4.98 Å². The number of nitrogens with zero attached hydrogens (tertiary/aromatic N) is 2. The number of rotatable bonds is 6. The van der Waals surface area contributed by atoms with Gasteiger partial charge >= 0.3 is 0 Å². The van der Waals surface area contributed by atoms with E-state index in [4.69, 9.17) is 10.3 Å². The van der Waals surface area contributed by atoms with Crippen LogP contribution >= 0.6 is 15.9 Å². The lowest BCUT2D eigenvalue weighted by Gasteiger charge is -2.07. The van der Waals surface area contributed by atoms with Gasteiger partial charge in [0.2, 0.25) is 5.89 Å². The lowest BCUT2D eigenvalue weighted by atomic mass is 10.0. The van der Waals surface area contributed by atoms with Gasteiger partial charge in [-0.15, -0.1) is 0 Å². The lowest BCUT2D eigenvalue weighted by molar-refractivity contribution is 0.347. The molecule has 0 aliphatic heterocycles. The second kappa shape index (κ2) is 6.82. The first-order chi connectivity index (χ1) is 9.21. The van der Waals surface area contributed by atoms with E-state index in [-0.39, 0.29) is 0 Å². The Labute approximate surface area is 121 Å². The Balaban J connectivity index is 2.01. The molecule has 0 amide bonds. The van der Waals surface area contributed by atoms with Gasteiger partial charge in [-0.3, -0.25) is 0 Å². The third kappa shape index (κ3) is 4.14. The molecule has 1 aromatic heterocycles. The van der Waals surface area contributed by atoms with E-state index in [1.54, 1.807) is 0 Å². The molecule has 1 atom stereocenters. The van der Waals surface area contributed by atoms with Crippen LogP contribution in [0.5, 0.6) is 0 Å². The molecule has 2 aromatic rings. The maximum Gasteiger partial charge on any atom is 0.226 e. The van der Waals surface area contributed by atoms with Crippen molar-refractivity contribution in [3.05, 3.63) is 46.0 Å². The van der Waals surface area contributed by atoms with Crippen molar-refractivity contribution in [2.45, 2.75) is 26.2 Å². The molecule has 102 valence electrons. The highest BCUT2D eigenvalue weighted by molar-refractivity contribution is 9.10. The molecule has 1 heterocycles. The summed E-state index contributed by atoms with van der Waals surface area (Å²) in [6.07, 6.45) is 2.47. The van der Waals surface area contributed by atoms with Crippen molar-refractivity contribution in [3.63, 3.8) is 0 Å². The summed E-state index contributed by atoms with van der Waals surface area (Å²) in [4.78, 5) is 4.42. The Morgan fingerprint density at radius 2 is 2.26 bits per heavy atom. The summed E-state index contributed by atoms with van der Waals surface area (Å²) < 4.78 is 6.33. The molecule has 4 nitrogen and oxygen atoms in total. The Kier molecular flexibility index (Phi) is 5.10. The number of hydrogen-bond donors (Lipinski definition) is 1. The van der Waals surface area contributed by atoms with Crippen molar-refractivity contribution in [2.75, 3.05) is 6.54 Å². The van der Waals surface area contributed by atoms with Crippen molar-refractivity contribution < 1.29 is 4.52 Å². The van der Waals surface area contributed by atoms with E-state index in [9.17, 15) is 0 Å². The Bertz CT molecular complexity index is 523. The van der Waals surface area contributed by atoms with Crippen LogP contribution in [0, 0.1) is 5.92 Å². The van der Waals surface area contributed by atoms with Crippen LogP contribution < -0.4 is 5.73 Å². The fourth-order valence-corrected chi connectivity index (χ4v) is 2.36. The molecule has 0 bridgehead atoms. The third-order valence-electron chi connectivity index (χ3n) is 3.14. The highest BCUT2D eigenvalue weighted by atomic mass is 79.9. The molecular weight excluding hydrogens is 306 g/mol. The highest BCUT2D eigenvalue weighted by Crippen LogP contribution is 2.15. The summed E-state index contributed by atoms with van der Waals surface area (Å²) in [5, 5.41) is 4.02.